The lowest BCUT2D eigenvalue weighted by Crippen LogP contribution is -1.82. The first-order valence-corrected chi connectivity index (χ1v) is 6.67. The summed E-state index contributed by atoms with van der Waals surface area (Å²) >= 11 is 0. The van der Waals surface area contributed by atoms with E-state index in [1.165, 1.54) is 0 Å². The summed E-state index contributed by atoms with van der Waals surface area (Å²) in [6, 6.07) is 15.2. The maximum Gasteiger partial charge on any atom is 0.125 e. The maximum absolute atomic E-state index is 10.0. The number of nitrogens with zero attached hydrogens (tertiary/aromatic N) is 1. The zero-order chi connectivity index (χ0) is 14.8. The molecule has 3 aromatic rings. The highest BCUT2D eigenvalue weighted by Crippen LogP contribution is 2.31. The minimum atomic E-state index is 0.250. The van der Waals surface area contributed by atoms with Crippen LogP contribution in [0, 0.1) is 6.92 Å². The van der Waals surface area contributed by atoms with E-state index in [9.17, 15) is 5.11 Å². The van der Waals surface area contributed by atoms with E-state index in [2.05, 4.69) is 10.2 Å². The molecular formula is C17H16N2O2. The van der Waals surface area contributed by atoms with Gasteiger partial charge in [0.2, 0.25) is 0 Å². The number of methoxy groups -OCH3 is 1. The van der Waals surface area contributed by atoms with Crippen molar-refractivity contribution in [1.82, 2.24) is 10.2 Å². The van der Waals surface area contributed by atoms with Crippen LogP contribution in [0.5, 0.6) is 11.5 Å². The van der Waals surface area contributed by atoms with E-state index < -0.39 is 0 Å². The summed E-state index contributed by atoms with van der Waals surface area (Å²) < 4.78 is 5.15. The molecule has 0 aliphatic carbocycles. The maximum atomic E-state index is 10.0. The minimum absolute atomic E-state index is 0.250. The van der Waals surface area contributed by atoms with Crippen LogP contribution >= 0.6 is 0 Å². The van der Waals surface area contributed by atoms with E-state index in [1.807, 2.05) is 49.4 Å². The van der Waals surface area contributed by atoms with Crippen molar-refractivity contribution in [3.05, 3.63) is 54.1 Å². The fraction of sp³-hybridized carbons (Fsp3) is 0.118. The van der Waals surface area contributed by atoms with E-state index in [-0.39, 0.29) is 5.75 Å². The smallest absolute Gasteiger partial charge is 0.125 e. The zero-order valence-corrected chi connectivity index (χ0v) is 11.9. The fourth-order valence-electron chi connectivity index (χ4n) is 2.24. The third kappa shape index (κ3) is 2.60. The molecule has 21 heavy (non-hydrogen) atoms. The number of phenols is 1. The Balaban J connectivity index is 1.95. The van der Waals surface area contributed by atoms with Gasteiger partial charge >= 0.3 is 0 Å². The molecule has 0 aliphatic rings. The Hall–Kier alpha value is -2.75. The zero-order valence-electron chi connectivity index (χ0n) is 11.9. The van der Waals surface area contributed by atoms with Gasteiger partial charge in [-0.2, -0.15) is 5.10 Å². The van der Waals surface area contributed by atoms with Crippen molar-refractivity contribution in [2.24, 2.45) is 0 Å². The second-order valence-electron chi connectivity index (χ2n) is 4.92. The second kappa shape index (κ2) is 5.32. The molecule has 106 valence electrons. The van der Waals surface area contributed by atoms with E-state index in [1.54, 1.807) is 13.2 Å². The van der Waals surface area contributed by atoms with E-state index >= 15 is 0 Å². The number of aromatic nitrogens is 2. The first-order valence-electron chi connectivity index (χ1n) is 6.67. The van der Waals surface area contributed by atoms with Gasteiger partial charge in [-0.1, -0.05) is 6.07 Å². The quantitative estimate of drug-likeness (QED) is 0.768. The van der Waals surface area contributed by atoms with Crippen LogP contribution in [0.15, 0.2) is 48.5 Å². The van der Waals surface area contributed by atoms with Crippen LogP contribution in [-0.4, -0.2) is 22.4 Å². The van der Waals surface area contributed by atoms with Crippen molar-refractivity contribution in [2.45, 2.75) is 6.92 Å². The molecule has 3 rings (SSSR count). The SMILES string of the molecule is COc1ccc(-c2cc(-c3ccc(C)cc3O)[nH]n2)cc1. The molecule has 2 aromatic carbocycles. The van der Waals surface area contributed by atoms with Crippen molar-refractivity contribution < 1.29 is 9.84 Å². The highest BCUT2D eigenvalue weighted by molar-refractivity contribution is 5.72. The van der Waals surface area contributed by atoms with Crippen LogP contribution in [-0.2, 0) is 0 Å². The third-order valence-corrected chi connectivity index (χ3v) is 3.41. The third-order valence-electron chi connectivity index (χ3n) is 3.41. The van der Waals surface area contributed by atoms with Crippen molar-refractivity contribution in [3.63, 3.8) is 0 Å². The molecule has 4 heteroatoms. The number of aryl methyl sites for hydroxylation is 1. The summed E-state index contributed by atoms with van der Waals surface area (Å²) in [7, 11) is 1.64. The van der Waals surface area contributed by atoms with Crippen LogP contribution in [0.3, 0.4) is 0 Å². The van der Waals surface area contributed by atoms with Crippen molar-refractivity contribution in [2.75, 3.05) is 7.11 Å². The predicted octanol–water partition coefficient (Wildman–Crippen LogP) is 3.77. The molecule has 2 N–H and O–H groups in total. The molecule has 0 bridgehead atoms. The molecule has 1 heterocycles. The molecule has 0 aliphatic heterocycles. The van der Waals surface area contributed by atoms with Gasteiger partial charge in [0.25, 0.3) is 0 Å². The van der Waals surface area contributed by atoms with Gasteiger partial charge in [-0.3, -0.25) is 5.10 Å². The summed E-state index contributed by atoms with van der Waals surface area (Å²) in [5.74, 6) is 1.06. The van der Waals surface area contributed by atoms with E-state index in [0.717, 1.165) is 33.8 Å². The summed E-state index contributed by atoms with van der Waals surface area (Å²) in [6.45, 7) is 1.94. The van der Waals surface area contributed by atoms with Crippen LogP contribution in [0.1, 0.15) is 5.56 Å². The summed E-state index contributed by atoms with van der Waals surface area (Å²) in [4.78, 5) is 0. The molecule has 0 saturated carbocycles. The number of aromatic amines is 1. The van der Waals surface area contributed by atoms with Crippen LogP contribution < -0.4 is 4.74 Å². The largest absolute Gasteiger partial charge is 0.507 e. The number of rotatable bonds is 3. The molecule has 1 aromatic heterocycles. The molecule has 0 spiro atoms. The van der Waals surface area contributed by atoms with Gasteiger partial charge in [-0.15, -0.1) is 0 Å². The van der Waals surface area contributed by atoms with Crippen LogP contribution in [0.25, 0.3) is 22.5 Å². The van der Waals surface area contributed by atoms with Crippen molar-refractivity contribution in [1.29, 1.82) is 0 Å². The number of hydrogen-bond donors (Lipinski definition) is 2. The van der Waals surface area contributed by atoms with Gasteiger partial charge in [0.05, 0.1) is 18.5 Å². The number of ether oxygens (including phenoxy) is 1. The van der Waals surface area contributed by atoms with E-state index in [4.69, 9.17) is 4.74 Å². The number of aromatic hydroxyl groups is 1. The predicted molar refractivity (Wildman–Crippen MR) is 82.4 cm³/mol. The van der Waals surface area contributed by atoms with Gasteiger partial charge in [-0.05, 0) is 55.0 Å². The van der Waals surface area contributed by atoms with Crippen molar-refractivity contribution in [3.8, 4) is 34.0 Å². The first-order chi connectivity index (χ1) is 10.2. The average molecular weight is 280 g/mol. The number of hydrogen-bond acceptors (Lipinski definition) is 3. The molecule has 0 radical (unpaired) electrons. The second-order valence-corrected chi connectivity index (χ2v) is 4.92. The topological polar surface area (TPSA) is 58.1 Å². The van der Waals surface area contributed by atoms with Gasteiger partial charge in [-0.25, -0.2) is 0 Å². The lowest BCUT2D eigenvalue weighted by atomic mass is 10.1. The Kier molecular flexibility index (Phi) is 3.36. The van der Waals surface area contributed by atoms with Gasteiger partial charge in [0, 0.05) is 11.1 Å². The minimum Gasteiger partial charge on any atom is -0.507 e. The molecule has 0 atom stereocenters. The van der Waals surface area contributed by atoms with Crippen LogP contribution in [0.4, 0.5) is 0 Å². The lowest BCUT2D eigenvalue weighted by molar-refractivity contribution is 0.415. The molecule has 0 saturated heterocycles. The summed E-state index contributed by atoms with van der Waals surface area (Å²) in [5, 5.41) is 17.3. The fourth-order valence-corrected chi connectivity index (χ4v) is 2.24. The number of phenolic OH excluding ortho intramolecular Hbond substituents is 1. The number of benzene rings is 2. The lowest BCUT2D eigenvalue weighted by Gasteiger charge is -2.02. The molecule has 4 nitrogen and oxygen atoms in total. The average Bonchev–Trinajstić information content (AvgIpc) is 2.97. The highest BCUT2D eigenvalue weighted by atomic mass is 16.5. The Morgan fingerprint density at radius 1 is 1.05 bits per heavy atom. The highest BCUT2D eigenvalue weighted by Gasteiger charge is 2.09. The molecular weight excluding hydrogens is 264 g/mol. The number of H-pyrrole nitrogens is 1. The standard InChI is InChI=1S/C17H16N2O2/c1-11-3-8-14(17(20)9-11)16-10-15(18-19-16)12-4-6-13(21-2)7-5-12/h3-10,20H,1-2H3,(H,18,19). The monoisotopic (exact) mass is 280 g/mol. The summed E-state index contributed by atoms with van der Waals surface area (Å²) in [6.07, 6.45) is 0. The van der Waals surface area contributed by atoms with Gasteiger partial charge < -0.3 is 9.84 Å². The Morgan fingerprint density at radius 3 is 2.48 bits per heavy atom. The Labute approximate surface area is 123 Å². The molecule has 0 fully saturated rings. The Bertz CT molecular complexity index is 761. The number of nitrogens with one attached hydrogen (secondary N) is 1. The van der Waals surface area contributed by atoms with Crippen molar-refractivity contribution >= 4 is 0 Å². The first kappa shape index (κ1) is 13.2. The van der Waals surface area contributed by atoms with E-state index in [0.29, 0.717) is 0 Å². The molecule has 0 amide bonds. The summed E-state index contributed by atoms with van der Waals surface area (Å²) in [5.41, 5.74) is 4.37. The Morgan fingerprint density at radius 2 is 1.81 bits per heavy atom. The molecule has 0 unspecified atom stereocenters. The van der Waals surface area contributed by atoms with Gasteiger partial charge in [0.15, 0.2) is 0 Å². The van der Waals surface area contributed by atoms with Gasteiger partial charge in [0.1, 0.15) is 11.5 Å². The van der Waals surface area contributed by atoms with Crippen LogP contribution in [0.2, 0.25) is 0 Å². The normalized spacial score (nSPS) is 10.6.